The summed E-state index contributed by atoms with van der Waals surface area (Å²) in [4.78, 5) is 15.5. The van der Waals surface area contributed by atoms with Crippen LogP contribution in [-0.2, 0) is 11.2 Å². The Labute approximate surface area is 214 Å². The van der Waals surface area contributed by atoms with Gasteiger partial charge in [0.15, 0.2) is 5.78 Å². The summed E-state index contributed by atoms with van der Waals surface area (Å²) in [5.41, 5.74) is 1.98. The molecule has 1 aliphatic heterocycles. The number of nitrogens with one attached hydrogen (secondary N) is 1. The fourth-order valence-electron chi connectivity index (χ4n) is 3.95. The number of morpholine rings is 1. The van der Waals surface area contributed by atoms with Gasteiger partial charge in [-0.25, -0.2) is 4.39 Å². The zero-order chi connectivity index (χ0) is 24.8. The van der Waals surface area contributed by atoms with Crippen molar-refractivity contribution in [1.82, 2.24) is 4.90 Å². The fourth-order valence-corrected chi connectivity index (χ4v) is 4.32. The lowest BCUT2D eigenvalue weighted by molar-refractivity contribution is 0.0398. The zero-order valence-corrected chi connectivity index (χ0v) is 21.0. The molecule has 3 aromatic carbocycles. The van der Waals surface area contributed by atoms with Gasteiger partial charge in [0.05, 0.1) is 23.9 Å². The molecule has 3 aromatic rings. The van der Waals surface area contributed by atoms with Crippen LogP contribution in [0.15, 0.2) is 54.6 Å². The topological polar surface area (TPSA) is 50.8 Å². The number of carbonyl (C=O) groups excluding carboxylic acids is 1. The van der Waals surface area contributed by atoms with Crippen LogP contribution in [-0.4, -0.2) is 50.1 Å². The number of hydrogen-bond donors (Lipinski definition) is 1. The molecule has 0 aromatic heterocycles. The molecule has 1 N–H and O–H groups in total. The van der Waals surface area contributed by atoms with Crippen LogP contribution in [0, 0.1) is 12.7 Å². The summed E-state index contributed by atoms with van der Waals surface area (Å²) < 4.78 is 26.0. The van der Waals surface area contributed by atoms with Crippen LogP contribution in [0.1, 0.15) is 21.5 Å². The van der Waals surface area contributed by atoms with Crippen molar-refractivity contribution in [1.29, 1.82) is 0 Å². The zero-order valence-electron chi connectivity index (χ0n) is 19.5. The van der Waals surface area contributed by atoms with Gasteiger partial charge in [0.25, 0.3) is 0 Å². The molecule has 4 rings (SSSR count). The van der Waals surface area contributed by atoms with Crippen molar-refractivity contribution in [3.63, 3.8) is 0 Å². The minimum absolute atomic E-state index is 0.0853. The Balaban J connectivity index is 1.44. The Morgan fingerprint density at radius 1 is 1.09 bits per heavy atom. The summed E-state index contributed by atoms with van der Waals surface area (Å²) in [6, 6.07) is 15.3. The maximum atomic E-state index is 14.8. The van der Waals surface area contributed by atoms with Crippen LogP contribution in [0.4, 0.5) is 10.1 Å². The predicted molar refractivity (Wildman–Crippen MR) is 138 cm³/mol. The second-order valence-corrected chi connectivity index (χ2v) is 9.31. The molecule has 1 aliphatic rings. The lowest BCUT2D eigenvalue weighted by Crippen LogP contribution is -2.39. The Bertz CT molecular complexity index is 1180. The Morgan fingerprint density at radius 2 is 1.83 bits per heavy atom. The smallest absolute Gasteiger partial charge is 0.169 e. The molecule has 8 heteroatoms. The average molecular weight is 517 g/mol. The van der Waals surface area contributed by atoms with Crippen LogP contribution in [0.3, 0.4) is 0 Å². The molecule has 1 fully saturated rings. The first-order chi connectivity index (χ1) is 16.9. The van der Waals surface area contributed by atoms with E-state index < -0.39 is 5.82 Å². The lowest BCUT2D eigenvalue weighted by atomic mass is 9.99. The first-order valence-electron chi connectivity index (χ1n) is 11.5. The number of ether oxygens (including phenoxy) is 2. The highest BCUT2D eigenvalue weighted by atomic mass is 35.5. The van der Waals surface area contributed by atoms with Crippen molar-refractivity contribution in [2.24, 2.45) is 0 Å². The number of anilines is 1. The summed E-state index contributed by atoms with van der Waals surface area (Å²) >= 11 is 12.3. The molecule has 0 unspecified atom stereocenters. The molecule has 0 bridgehead atoms. The van der Waals surface area contributed by atoms with E-state index in [9.17, 15) is 9.18 Å². The van der Waals surface area contributed by atoms with E-state index in [0.29, 0.717) is 58.0 Å². The first-order valence-corrected chi connectivity index (χ1v) is 12.2. The maximum Gasteiger partial charge on any atom is 0.169 e. The molecule has 0 spiro atoms. The molecule has 5 nitrogen and oxygen atoms in total. The van der Waals surface area contributed by atoms with Crippen molar-refractivity contribution in [3.05, 3.63) is 87.2 Å². The van der Waals surface area contributed by atoms with E-state index in [0.717, 1.165) is 19.6 Å². The van der Waals surface area contributed by atoms with Crippen molar-refractivity contribution < 1.29 is 18.7 Å². The molecular weight excluding hydrogens is 490 g/mol. The summed E-state index contributed by atoms with van der Waals surface area (Å²) in [6.45, 7) is 6.16. The number of ketones is 1. The van der Waals surface area contributed by atoms with Gasteiger partial charge < -0.3 is 14.8 Å². The van der Waals surface area contributed by atoms with Crippen LogP contribution >= 0.6 is 23.2 Å². The highest BCUT2D eigenvalue weighted by Crippen LogP contribution is 2.31. The van der Waals surface area contributed by atoms with Crippen LogP contribution < -0.4 is 10.1 Å². The number of rotatable bonds is 9. The summed E-state index contributed by atoms with van der Waals surface area (Å²) in [7, 11) is 0. The number of benzene rings is 3. The molecule has 0 atom stereocenters. The number of aryl methyl sites for hydroxylation is 1. The van der Waals surface area contributed by atoms with E-state index in [1.54, 1.807) is 55.5 Å². The van der Waals surface area contributed by atoms with Gasteiger partial charge in [0.2, 0.25) is 0 Å². The number of nitrogens with zero attached hydrogens (tertiary/aromatic N) is 1. The molecule has 0 aliphatic carbocycles. The number of halogens is 3. The van der Waals surface area contributed by atoms with E-state index in [2.05, 4.69) is 10.2 Å². The molecule has 0 saturated carbocycles. The van der Waals surface area contributed by atoms with Crippen LogP contribution in [0.5, 0.6) is 11.5 Å². The standard InChI is InChI=1S/C27H27Cl2FN2O3/c1-18-14-22(27(24(30)15-18)31-8-9-32-10-12-34-13-11-32)25(33)17-19-2-7-26(23(29)16-19)35-21-5-3-20(28)4-6-21/h2-7,14-16,31H,8-13,17H2,1H3. The molecule has 35 heavy (non-hydrogen) atoms. The van der Waals surface area contributed by atoms with Crippen molar-refractivity contribution in [3.8, 4) is 11.5 Å². The minimum atomic E-state index is -0.430. The monoisotopic (exact) mass is 516 g/mol. The van der Waals surface area contributed by atoms with Gasteiger partial charge in [-0.1, -0.05) is 29.3 Å². The first kappa shape index (κ1) is 25.5. The summed E-state index contributed by atoms with van der Waals surface area (Å²) in [5, 5.41) is 4.13. The van der Waals surface area contributed by atoms with Crippen molar-refractivity contribution in [2.45, 2.75) is 13.3 Å². The molecule has 0 radical (unpaired) electrons. The quantitative estimate of drug-likeness (QED) is 0.333. The predicted octanol–water partition coefficient (Wildman–Crippen LogP) is 6.40. The lowest BCUT2D eigenvalue weighted by Gasteiger charge is -2.26. The Hall–Kier alpha value is -2.64. The number of Topliss-reactive ketones (excluding diaryl/α,β-unsaturated/α-hetero) is 1. The third kappa shape index (κ3) is 6.95. The van der Waals surface area contributed by atoms with Crippen LogP contribution in [0.2, 0.25) is 10.0 Å². The highest BCUT2D eigenvalue weighted by molar-refractivity contribution is 6.32. The minimum Gasteiger partial charge on any atom is -0.456 e. The molecule has 1 heterocycles. The Morgan fingerprint density at radius 3 is 2.54 bits per heavy atom. The van der Waals surface area contributed by atoms with E-state index in [-0.39, 0.29) is 17.9 Å². The Kier molecular flexibility index (Phi) is 8.63. The largest absolute Gasteiger partial charge is 0.456 e. The fraction of sp³-hybridized carbons (Fsp3) is 0.296. The number of carbonyl (C=O) groups is 1. The van der Waals surface area contributed by atoms with Crippen molar-refractivity contribution in [2.75, 3.05) is 44.7 Å². The summed E-state index contributed by atoms with van der Waals surface area (Å²) in [5.74, 6) is 0.449. The third-order valence-electron chi connectivity index (χ3n) is 5.77. The van der Waals surface area contributed by atoms with Gasteiger partial charge in [-0.2, -0.15) is 0 Å². The second kappa shape index (κ2) is 11.9. The molecule has 184 valence electrons. The normalized spacial score (nSPS) is 14.1. The van der Waals surface area contributed by atoms with E-state index in [1.807, 2.05) is 0 Å². The van der Waals surface area contributed by atoms with Gasteiger partial charge >= 0.3 is 0 Å². The van der Waals surface area contributed by atoms with Crippen molar-refractivity contribution >= 4 is 34.7 Å². The van der Waals surface area contributed by atoms with Crippen LogP contribution in [0.25, 0.3) is 0 Å². The van der Waals surface area contributed by atoms with Gasteiger partial charge in [0.1, 0.15) is 17.3 Å². The van der Waals surface area contributed by atoms with Gasteiger partial charge in [0, 0.05) is 43.2 Å². The number of hydrogen-bond acceptors (Lipinski definition) is 5. The van der Waals surface area contributed by atoms with E-state index in [1.165, 1.54) is 6.07 Å². The van der Waals surface area contributed by atoms with Gasteiger partial charge in [-0.3, -0.25) is 9.69 Å². The third-order valence-corrected chi connectivity index (χ3v) is 6.32. The average Bonchev–Trinajstić information content (AvgIpc) is 2.84. The highest BCUT2D eigenvalue weighted by Gasteiger charge is 2.18. The summed E-state index contributed by atoms with van der Waals surface area (Å²) in [6.07, 6.45) is 0.0853. The maximum absolute atomic E-state index is 14.8. The second-order valence-electron chi connectivity index (χ2n) is 8.47. The van der Waals surface area contributed by atoms with E-state index >= 15 is 0 Å². The van der Waals surface area contributed by atoms with Gasteiger partial charge in [-0.15, -0.1) is 0 Å². The molecule has 0 amide bonds. The molecule has 1 saturated heterocycles. The van der Waals surface area contributed by atoms with E-state index in [4.69, 9.17) is 32.7 Å². The van der Waals surface area contributed by atoms with Gasteiger partial charge in [-0.05, 0) is 66.6 Å². The molecular formula is C27H27Cl2FN2O3. The SMILES string of the molecule is Cc1cc(F)c(NCCN2CCOCC2)c(C(=O)Cc2ccc(Oc3ccc(Cl)cc3)c(Cl)c2)c1.